The highest BCUT2D eigenvalue weighted by Gasteiger charge is 2.24. The molecule has 0 bridgehead atoms. The fourth-order valence-corrected chi connectivity index (χ4v) is 3.06. The van der Waals surface area contributed by atoms with Crippen LogP contribution < -0.4 is 18.9 Å². The number of hydrogen-bond donors (Lipinski definition) is 1. The number of fused-ring (bicyclic) bond motifs is 2. The Kier molecular flexibility index (Phi) is 3.45. The summed E-state index contributed by atoms with van der Waals surface area (Å²) in [6.45, 7) is 0.930. The van der Waals surface area contributed by atoms with Crippen molar-refractivity contribution in [2.75, 3.05) is 27.6 Å². The lowest BCUT2D eigenvalue weighted by atomic mass is 9.92. The highest BCUT2D eigenvalue weighted by Crippen LogP contribution is 2.40. The monoisotopic (exact) mass is 327 g/mol. The molecule has 4 rings (SSSR count). The second-order valence-electron chi connectivity index (χ2n) is 5.57. The van der Waals surface area contributed by atoms with E-state index in [1.165, 1.54) is 14.2 Å². The smallest absolute Gasteiger partial charge is 0.231 e. The molecule has 0 fully saturated rings. The van der Waals surface area contributed by atoms with Crippen LogP contribution in [0.2, 0.25) is 0 Å². The Morgan fingerprint density at radius 1 is 1.00 bits per heavy atom. The van der Waals surface area contributed by atoms with Crippen LogP contribution in [0.4, 0.5) is 0 Å². The first-order valence-electron chi connectivity index (χ1n) is 7.64. The number of hydrogen-bond acceptors (Lipinski definition) is 6. The van der Waals surface area contributed by atoms with Crippen molar-refractivity contribution in [2.45, 2.75) is 6.42 Å². The molecule has 2 heterocycles. The highest BCUT2D eigenvalue weighted by molar-refractivity contribution is 6.15. The van der Waals surface area contributed by atoms with Crippen LogP contribution in [0.5, 0.6) is 28.7 Å². The standard InChI is InChI=1S/C18H17NO5/c1-21-15-6-11(7-16(22-2)18(15)20)17-12-8-14-13(23-9-24-14)5-10(12)3-4-19-17/h5-8,20H,3-4,9H2,1-2H3. The van der Waals surface area contributed by atoms with E-state index in [-0.39, 0.29) is 12.5 Å². The van der Waals surface area contributed by atoms with Gasteiger partial charge in [0.15, 0.2) is 23.0 Å². The Morgan fingerprint density at radius 2 is 1.67 bits per heavy atom. The Labute approximate surface area is 139 Å². The van der Waals surface area contributed by atoms with Crippen molar-refractivity contribution in [3.8, 4) is 28.7 Å². The Hall–Kier alpha value is -2.89. The zero-order chi connectivity index (χ0) is 16.7. The molecular formula is C18H17NO5. The van der Waals surface area contributed by atoms with Gasteiger partial charge in [-0.05, 0) is 36.2 Å². The predicted octanol–water partition coefficient (Wildman–Crippen LogP) is 2.53. The maximum Gasteiger partial charge on any atom is 0.231 e. The summed E-state index contributed by atoms with van der Waals surface area (Å²) in [6, 6.07) is 7.50. The number of ether oxygens (including phenoxy) is 4. The third kappa shape index (κ3) is 2.22. The number of aliphatic imine (C=N–C) groups is 1. The van der Waals surface area contributed by atoms with Crippen molar-refractivity contribution in [3.05, 3.63) is 41.0 Å². The van der Waals surface area contributed by atoms with Gasteiger partial charge in [-0.2, -0.15) is 0 Å². The van der Waals surface area contributed by atoms with Crippen LogP contribution in [-0.4, -0.2) is 38.4 Å². The van der Waals surface area contributed by atoms with E-state index in [2.05, 4.69) is 4.99 Å². The summed E-state index contributed by atoms with van der Waals surface area (Å²) in [5, 5.41) is 10.1. The number of rotatable bonds is 3. The molecule has 2 aromatic carbocycles. The Balaban J connectivity index is 1.85. The Bertz CT molecular complexity index is 819. The van der Waals surface area contributed by atoms with E-state index in [9.17, 15) is 5.11 Å². The quantitative estimate of drug-likeness (QED) is 0.938. The first-order chi connectivity index (χ1) is 11.7. The summed E-state index contributed by atoms with van der Waals surface area (Å²) < 4.78 is 21.5. The third-order valence-corrected chi connectivity index (χ3v) is 4.26. The first-order valence-corrected chi connectivity index (χ1v) is 7.64. The number of phenols is 1. The number of phenolic OH excluding ortho intramolecular Hbond substituents is 1. The van der Waals surface area contributed by atoms with E-state index in [0.717, 1.165) is 40.3 Å². The number of methoxy groups -OCH3 is 2. The van der Waals surface area contributed by atoms with Gasteiger partial charge in [0.25, 0.3) is 0 Å². The zero-order valence-electron chi connectivity index (χ0n) is 13.5. The van der Waals surface area contributed by atoms with Crippen LogP contribution in [0, 0.1) is 0 Å². The molecule has 0 saturated carbocycles. The average molecular weight is 327 g/mol. The molecule has 0 radical (unpaired) electrons. The highest BCUT2D eigenvalue weighted by atomic mass is 16.7. The van der Waals surface area contributed by atoms with Crippen molar-refractivity contribution in [1.29, 1.82) is 0 Å². The minimum Gasteiger partial charge on any atom is -0.502 e. The van der Waals surface area contributed by atoms with Crippen LogP contribution in [0.3, 0.4) is 0 Å². The lowest BCUT2D eigenvalue weighted by molar-refractivity contribution is 0.174. The Morgan fingerprint density at radius 3 is 2.33 bits per heavy atom. The third-order valence-electron chi connectivity index (χ3n) is 4.26. The minimum atomic E-state index is -0.0222. The van der Waals surface area contributed by atoms with Gasteiger partial charge in [-0.3, -0.25) is 4.99 Å². The summed E-state index contributed by atoms with van der Waals surface area (Å²) in [7, 11) is 3.01. The van der Waals surface area contributed by atoms with Crippen molar-refractivity contribution < 1.29 is 24.1 Å². The largest absolute Gasteiger partial charge is 0.502 e. The van der Waals surface area contributed by atoms with Crippen molar-refractivity contribution in [3.63, 3.8) is 0 Å². The van der Waals surface area contributed by atoms with E-state index in [4.69, 9.17) is 18.9 Å². The van der Waals surface area contributed by atoms with Gasteiger partial charge in [0, 0.05) is 17.7 Å². The maximum atomic E-state index is 10.1. The molecule has 0 aromatic heterocycles. The molecule has 0 aliphatic carbocycles. The fraction of sp³-hybridized carbons (Fsp3) is 0.278. The van der Waals surface area contributed by atoms with Crippen LogP contribution in [-0.2, 0) is 6.42 Å². The molecular weight excluding hydrogens is 310 g/mol. The second kappa shape index (κ2) is 5.63. The zero-order valence-corrected chi connectivity index (χ0v) is 13.5. The van der Waals surface area contributed by atoms with E-state index < -0.39 is 0 Å². The maximum absolute atomic E-state index is 10.1. The van der Waals surface area contributed by atoms with Gasteiger partial charge in [-0.25, -0.2) is 0 Å². The normalized spacial score (nSPS) is 14.8. The van der Waals surface area contributed by atoms with Gasteiger partial charge in [0.2, 0.25) is 12.5 Å². The number of aromatic hydroxyl groups is 1. The summed E-state index contributed by atoms with van der Waals surface area (Å²) in [4.78, 5) is 4.67. The average Bonchev–Trinajstić information content (AvgIpc) is 3.07. The SMILES string of the molecule is COc1cc(C2=NCCc3cc4c(cc32)OCO4)cc(OC)c1O. The lowest BCUT2D eigenvalue weighted by Gasteiger charge is -2.19. The molecule has 0 unspecified atom stereocenters. The van der Waals surface area contributed by atoms with Gasteiger partial charge >= 0.3 is 0 Å². The minimum absolute atomic E-state index is 0.0222. The van der Waals surface area contributed by atoms with E-state index >= 15 is 0 Å². The van der Waals surface area contributed by atoms with Gasteiger partial charge in [0.1, 0.15) is 0 Å². The van der Waals surface area contributed by atoms with E-state index in [1.54, 1.807) is 12.1 Å². The van der Waals surface area contributed by atoms with Gasteiger partial charge < -0.3 is 24.1 Å². The molecule has 0 amide bonds. The molecule has 0 saturated heterocycles. The van der Waals surface area contributed by atoms with Crippen LogP contribution in [0.15, 0.2) is 29.3 Å². The topological polar surface area (TPSA) is 69.5 Å². The second-order valence-corrected chi connectivity index (χ2v) is 5.57. The summed E-state index contributed by atoms with van der Waals surface area (Å²) in [5.41, 5.74) is 3.81. The summed E-state index contributed by atoms with van der Waals surface area (Å²) >= 11 is 0. The summed E-state index contributed by atoms with van der Waals surface area (Å²) in [5.74, 6) is 2.17. The van der Waals surface area contributed by atoms with Gasteiger partial charge in [0.05, 0.1) is 19.9 Å². The molecule has 6 heteroatoms. The fourth-order valence-electron chi connectivity index (χ4n) is 3.06. The number of benzene rings is 2. The van der Waals surface area contributed by atoms with Crippen LogP contribution in [0.25, 0.3) is 0 Å². The molecule has 0 atom stereocenters. The van der Waals surface area contributed by atoms with Crippen molar-refractivity contribution in [1.82, 2.24) is 0 Å². The number of nitrogens with zero attached hydrogens (tertiary/aromatic N) is 1. The van der Waals surface area contributed by atoms with E-state index in [0.29, 0.717) is 18.0 Å². The molecule has 2 aliphatic rings. The van der Waals surface area contributed by atoms with Gasteiger partial charge in [-0.15, -0.1) is 0 Å². The van der Waals surface area contributed by atoms with Crippen molar-refractivity contribution >= 4 is 5.71 Å². The molecule has 2 aromatic rings. The van der Waals surface area contributed by atoms with E-state index in [1.807, 2.05) is 12.1 Å². The molecule has 1 N–H and O–H groups in total. The van der Waals surface area contributed by atoms with Crippen LogP contribution in [0.1, 0.15) is 16.7 Å². The molecule has 24 heavy (non-hydrogen) atoms. The van der Waals surface area contributed by atoms with Crippen molar-refractivity contribution in [2.24, 2.45) is 4.99 Å². The lowest BCUT2D eigenvalue weighted by Crippen LogP contribution is -2.14. The van der Waals surface area contributed by atoms with Crippen LogP contribution >= 0.6 is 0 Å². The molecule has 124 valence electrons. The molecule has 6 nitrogen and oxygen atoms in total. The first kappa shape index (κ1) is 14.7. The van der Waals surface area contributed by atoms with Gasteiger partial charge in [-0.1, -0.05) is 0 Å². The predicted molar refractivity (Wildman–Crippen MR) is 88.0 cm³/mol. The summed E-state index contributed by atoms with van der Waals surface area (Å²) in [6.07, 6.45) is 0.849. The molecule has 2 aliphatic heterocycles. The molecule has 0 spiro atoms.